The molecule has 1 atom stereocenters. The average Bonchev–Trinajstić information content (AvgIpc) is 2.66. The molecule has 2 aromatic carbocycles. The molecule has 0 spiro atoms. The van der Waals surface area contributed by atoms with Crippen LogP contribution in [-0.4, -0.2) is 36.0 Å². The van der Waals surface area contributed by atoms with Crippen molar-refractivity contribution in [2.45, 2.75) is 19.8 Å². The first-order valence-corrected chi connectivity index (χ1v) is 8.54. The molecule has 7 nitrogen and oxygen atoms in total. The van der Waals surface area contributed by atoms with Gasteiger partial charge in [0, 0.05) is 11.3 Å². The molecular formula is C20H22N2O5. The van der Waals surface area contributed by atoms with Crippen molar-refractivity contribution in [3.8, 4) is 5.75 Å². The van der Waals surface area contributed by atoms with E-state index >= 15 is 0 Å². The van der Waals surface area contributed by atoms with Crippen LogP contribution in [0, 0.1) is 0 Å². The van der Waals surface area contributed by atoms with Gasteiger partial charge in [0.05, 0.1) is 19.1 Å². The summed E-state index contributed by atoms with van der Waals surface area (Å²) in [6.45, 7) is 3.78. The summed E-state index contributed by atoms with van der Waals surface area (Å²) in [6.07, 6.45) is 0. The van der Waals surface area contributed by atoms with Crippen molar-refractivity contribution >= 4 is 23.5 Å². The van der Waals surface area contributed by atoms with Gasteiger partial charge in [-0.1, -0.05) is 12.1 Å². The quantitative estimate of drug-likeness (QED) is 0.663. The number of anilines is 1. The van der Waals surface area contributed by atoms with E-state index in [1.54, 1.807) is 55.5 Å². The molecule has 7 heteroatoms. The second kappa shape index (κ2) is 9.38. The Morgan fingerprint density at radius 1 is 1.11 bits per heavy atom. The number of carbonyl (C=O) groups excluding carboxylic acids is 2. The molecule has 0 aliphatic carbocycles. The third-order valence-electron chi connectivity index (χ3n) is 3.88. The summed E-state index contributed by atoms with van der Waals surface area (Å²) in [7, 11) is 0. The maximum absolute atomic E-state index is 12.1. The highest BCUT2D eigenvalue weighted by molar-refractivity contribution is 5.99. The van der Waals surface area contributed by atoms with Crippen molar-refractivity contribution in [1.82, 2.24) is 5.32 Å². The molecule has 0 aliphatic heterocycles. The minimum absolute atomic E-state index is 0.204. The predicted octanol–water partition coefficient (Wildman–Crippen LogP) is 2.64. The fourth-order valence-corrected chi connectivity index (χ4v) is 2.37. The standard InChI is InChI=1S/C20H22N2O5/c1-3-27-17-9-7-14(8-10-17)19(24)21-12-18(23)22-16-6-4-5-15(11-16)13(2)20(25)26/h4-11,13H,3,12H2,1-2H3,(H,21,24)(H,22,23)(H,25,26). The summed E-state index contributed by atoms with van der Waals surface area (Å²) in [6, 6.07) is 13.2. The fraction of sp³-hybridized carbons (Fsp3) is 0.250. The Morgan fingerprint density at radius 2 is 1.81 bits per heavy atom. The molecule has 0 radical (unpaired) electrons. The molecule has 0 saturated carbocycles. The number of hydrogen-bond donors (Lipinski definition) is 3. The second-order valence-corrected chi connectivity index (χ2v) is 5.87. The molecule has 2 aromatic rings. The second-order valence-electron chi connectivity index (χ2n) is 5.87. The number of amides is 2. The highest BCUT2D eigenvalue weighted by atomic mass is 16.5. The molecule has 0 bridgehead atoms. The van der Waals surface area contributed by atoms with Gasteiger partial charge >= 0.3 is 5.97 Å². The number of carbonyl (C=O) groups is 3. The van der Waals surface area contributed by atoms with E-state index in [4.69, 9.17) is 9.84 Å². The Bertz CT molecular complexity index is 817. The Morgan fingerprint density at radius 3 is 2.44 bits per heavy atom. The zero-order valence-electron chi connectivity index (χ0n) is 15.2. The van der Waals surface area contributed by atoms with Gasteiger partial charge in [0.1, 0.15) is 5.75 Å². The van der Waals surface area contributed by atoms with E-state index < -0.39 is 17.8 Å². The molecule has 27 heavy (non-hydrogen) atoms. The lowest BCUT2D eigenvalue weighted by molar-refractivity contribution is -0.138. The minimum Gasteiger partial charge on any atom is -0.494 e. The molecule has 0 aromatic heterocycles. The van der Waals surface area contributed by atoms with E-state index in [-0.39, 0.29) is 12.5 Å². The Balaban J connectivity index is 1.89. The number of aliphatic carboxylic acids is 1. The van der Waals surface area contributed by atoms with Gasteiger partial charge in [-0.3, -0.25) is 14.4 Å². The van der Waals surface area contributed by atoms with E-state index in [0.717, 1.165) is 0 Å². The van der Waals surface area contributed by atoms with Crippen molar-refractivity contribution in [1.29, 1.82) is 0 Å². The van der Waals surface area contributed by atoms with Gasteiger partial charge in [-0.2, -0.15) is 0 Å². The van der Waals surface area contributed by atoms with Crippen LogP contribution in [0.15, 0.2) is 48.5 Å². The summed E-state index contributed by atoms with van der Waals surface area (Å²) in [5.41, 5.74) is 1.48. The zero-order valence-corrected chi connectivity index (χ0v) is 15.2. The maximum Gasteiger partial charge on any atom is 0.310 e. The molecule has 0 aliphatic rings. The normalized spacial score (nSPS) is 11.3. The van der Waals surface area contributed by atoms with E-state index in [1.807, 2.05) is 6.92 Å². The molecule has 0 heterocycles. The fourth-order valence-electron chi connectivity index (χ4n) is 2.37. The lowest BCUT2D eigenvalue weighted by Crippen LogP contribution is -2.32. The lowest BCUT2D eigenvalue weighted by Gasteiger charge is -2.11. The number of ether oxygens (including phenoxy) is 1. The summed E-state index contributed by atoms with van der Waals surface area (Å²) in [5, 5.41) is 14.2. The highest BCUT2D eigenvalue weighted by Gasteiger charge is 2.14. The van der Waals surface area contributed by atoms with Crippen molar-refractivity contribution in [3.05, 3.63) is 59.7 Å². The van der Waals surface area contributed by atoms with Crippen LogP contribution in [0.5, 0.6) is 5.75 Å². The summed E-state index contributed by atoms with van der Waals surface area (Å²) in [4.78, 5) is 35.2. The molecular weight excluding hydrogens is 348 g/mol. The van der Waals surface area contributed by atoms with Gasteiger partial charge in [-0.25, -0.2) is 0 Å². The van der Waals surface area contributed by atoms with Crippen LogP contribution in [0.3, 0.4) is 0 Å². The van der Waals surface area contributed by atoms with Crippen LogP contribution in [0.4, 0.5) is 5.69 Å². The van der Waals surface area contributed by atoms with Crippen molar-refractivity contribution < 1.29 is 24.2 Å². The number of hydrogen-bond acceptors (Lipinski definition) is 4. The number of rotatable bonds is 8. The van der Waals surface area contributed by atoms with Crippen LogP contribution in [-0.2, 0) is 9.59 Å². The molecule has 2 rings (SSSR count). The molecule has 1 unspecified atom stereocenters. The smallest absolute Gasteiger partial charge is 0.310 e. The summed E-state index contributed by atoms with van der Waals surface area (Å²) < 4.78 is 5.31. The Labute approximate surface area is 157 Å². The maximum atomic E-state index is 12.1. The number of carboxylic acid groups (broad SMARTS) is 1. The zero-order chi connectivity index (χ0) is 19.8. The number of benzene rings is 2. The third kappa shape index (κ3) is 5.85. The Hall–Kier alpha value is -3.35. The van der Waals surface area contributed by atoms with Crippen molar-refractivity contribution in [3.63, 3.8) is 0 Å². The first kappa shape index (κ1) is 20.0. The van der Waals surface area contributed by atoms with E-state index in [0.29, 0.717) is 29.2 Å². The van der Waals surface area contributed by atoms with Crippen LogP contribution >= 0.6 is 0 Å². The van der Waals surface area contributed by atoms with Crippen LogP contribution in [0.1, 0.15) is 35.7 Å². The summed E-state index contributed by atoms with van der Waals surface area (Å²) >= 11 is 0. The van der Waals surface area contributed by atoms with Gasteiger partial charge in [0.15, 0.2) is 0 Å². The van der Waals surface area contributed by atoms with Gasteiger partial charge < -0.3 is 20.5 Å². The van der Waals surface area contributed by atoms with Crippen LogP contribution < -0.4 is 15.4 Å². The van der Waals surface area contributed by atoms with E-state index in [1.165, 1.54) is 0 Å². The molecule has 3 N–H and O–H groups in total. The van der Waals surface area contributed by atoms with Crippen LogP contribution in [0.2, 0.25) is 0 Å². The molecule has 142 valence electrons. The molecule has 0 saturated heterocycles. The average molecular weight is 370 g/mol. The van der Waals surface area contributed by atoms with Gasteiger partial charge in [-0.15, -0.1) is 0 Å². The van der Waals surface area contributed by atoms with E-state index in [9.17, 15) is 14.4 Å². The molecule has 0 fully saturated rings. The Kier molecular flexibility index (Phi) is 6.93. The topological polar surface area (TPSA) is 105 Å². The number of nitrogens with one attached hydrogen (secondary N) is 2. The number of carboxylic acids is 1. The predicted molar refractivity (Wildman–Crippen MR) is 101 cm³/mol. The largest absolute Gasteiger partial charge is 0.494 e. The summed E-state index contributed by atoms with van der Waals surface area (Å²) in [5.74, 6) is -1.74. The SMILES string of the molecule is CCOc1ccc(C(=O)NCC(=O)Nc2cccc(C(C)C(=O)O)c2)cc1. The first-order valence-electron chi connectivity index (χ1n) is 8.54. The first-order chi connectivity index (χ1) is 12.9. The van der Waals surface area contributed by atoms with Crippen molar-refractivity contribution in [2.24, 2.45) is 0 Å². The lowest BCUT2D eigenvalue weighted by atomic mass is 10.0. The molecule has 2 amide bonds. The minimum atomic E-state index is -0.943. The highest BCUT2D eigenvalue weighted by Crippen LogP contribution is 2.19. The monoisotopic (exact) mass is 370 g/mol. The van der Waals surface area contributed by atoms with Crippen molar-refractivity contribution in [2.75, 3.05) is 18.5 Å². The van der Waals surface area contributed by atoms with E-state index in [2.05, 4.69) is 10.6 Å². The van der Waals surface area contributed by atoms with Gasteiger partial charge in [0.25, 0.3) is 5.91 Å². The third-order valence-corrected chi connectivity index (χ3v) is 3.88. The van der Waals surface area contributed by atoms with Crippen LogP contribution in [0.25, 0.3) is 0 Å². The van der Waals surface area contributed by atoms with Gasteiger partial charge in [-0.05, 0) is 55.8 Å². The van der Waals surface area contributed by atoms with Gasteiger partial charge in [0.2, 0.25) is 5.91 Å².